The number of nitrogens with zero attached hydrogens (tertiary/aromatic N) is 4. The number of benzene rings is 3. The van der Waals surface area contributed by atoms with Crippen molar-refractivity contribution in [1.82, 2.24) is 19.5 Å². The molecule has 0 unspecified atom stereocenters. The fourth-order valence-electron chi connectivity index (χ4n) is 6.37. The van der Waals surface area contributed by atoms with E-state index in [1.807, 2.05) is 49.5 Å². The number of hydrogen-bond donors (Lipinski definition) is 0. The van der Waals surface area contributed by atoms with Gasteiger partial charge in [-0.25, -0.2) is 0 Å². The standard InChI is InChI=1S/C23H20N3O.C18H24GeN.Ir/c1-13(2)26-19-8-6-5-7-18(19)25-23(26)16-10-9-14(3)21-17-12-24-15(4)11-20(17)27-22(16)21;1-14(2)11-16-12-18(15-9-7-6-8-10-15)20-13-17(16)19(3,4)5;/h5-9,11-13H,1-4H3;6-9,12-14H,11H2,1-5H3;/q2*-1;. The smallest absolute Gasteiger partial charge is 0.124 e. The first kappa shape index (κ1) is 35.7. The van der Waals surface area contributed by atoms with Crippen LogP contribution in [-0.2, 0) is 26.5 Å². The van der Waals surface area contributed by atoms with Crippen LogP contribution in [0.5, 0.6) is 0 Å². The summed E-state index contributed by atoms with van der Waals surface area (Å²) in [7, 11) is 0. The third-order valence-electron chi connectivity index (χ3n) is 8.51. The summed E-state index contributed by atoms with van der Waals surface area (Å²) < 4.78 is 10.1. The van der Waals surface area contributed by atoms with E-state index in [9.17, 15) is 0 Å². The monoisotopic (exact) mass is 875 g/mol. The molecule has 0 fully saturated rings. The third-order valence-corrected chi connectivity index (χ3v) is 12.8. The van der Waals surface area contributed by atoms with Gasteiger partial charge in [-0.2, -0.15) is 0 Å². The van der Waals surface area contributed by atoms with E-state index in [0.717, 1.165) is 73.3 Å². The Morgan fingerprint density at radius 2 is 1.65 bits per heavy atom. The van der Waals surface area contributed by atoms with Gasteiger partial charge in [0.2, 0.25) is 0 Å². The van der Waals surface area contributed by atoms with Crippen LogP contribution in [0.1, 0.15) is 50.6 Å². The van der Waals surface area contributed by atoms with Crippen molar-refractivity contribution in [3.05, 3.63) is 108 Å². The van der Waals surface area contributed by atoms with E-state index in [4.69, 9.17) is 14.4 Å². The molecule has 0 atom stereocenters. The number of pyridine rings is 2. The number of aromatic nitrogens is 4. The Morgan fingerprint density at radius 3 is 2.33 bits per heavy atom. The normalized spacial score (nSPS) is 11.7. The number of rotatable bonds is 6. The van der Waals surface area contributed by atoms with Gasteiger partial charge in [-0.05, 0) is 32.9 Å². The summed E-state index contributed by atoms with van der Waals surface area (Å²) in [6, 6.07) is 29.6. The first-order chi connectivity index (χ1) is 22.4. The second-order valence-corrected chi connectivity index (χ2v) is 24.8. The van der Waals surface area contributed by atoms with Crippen LogP contribution in [0.4, 0.5) is 0 Å². The largest absolute Gasteiger partial charge is 0.500 e. The van der Waals surface area contributed by atoms with Crippen molar-refractivity contribution in [2.75, 3.05) is 0 Å². The molecule has 7 aromatic rings. The summed E-state index contributed by atoms with van der Waals surface area (Å²) >= 11 is -1.86. The molecule has 1 radical (unpaired) electrons. The summed E-state index contributed by atoms with van der Waals surface area (Å²) in [5.74, 6) is 8.88. The summed E-state index contributed by atoms with van der Waals surface area (Å²) in [6.07, 6.45) is 5.17. The van der Waals surface area contributed by atoms with Crippen LogP contribution in [0.2, 0.25) is 17.3 Å². The molecule has 0 spiro atoms. The predicted octanol–water partition coefficient (Wildman–Crippen LogP) is 10.3. The summed E-state index contributed by atoms with van der Waals surface area (Å²) in [5.41, 5.74) is 10.4. The molecule has 5 nitrogen and oxygen atoms in total. The number of furan rings is 1. The third kappa shape index (κ3) is 7.22. The fraction of sp³-hybridized carbons (Fsp3) is 0.293. The molecule has 48 heavy (non-hydrogen) atoms. The molecule has 3 aromatic carbocycles. The van der Waals surface area contributed by atoms with Gasteiger partial charge in [0, 0.05) is 49.5 Å². The Bertz CT molecular complexity index is 2190. The molecule has 0 amide bonds. The van der Waals surface area contributed by atoms with Crippen LogP contribution >= 0.6 is 0 Å². The van der Waals surface area contributed by atoms with Crippen LogP contribution in [0, 0.1) is 31.9 Å². The number of fused-ring (bicyclic) bond motifs is 4. The van der Waals surface area contributed by atoms with E-state index in [0.29, 0.717) is 5.92 Å². The first-order valence-corrected chi connectivity index (χ1v) is 23.9. The van der Waals surface area contributed by atoms with Gasteiger partial charge in [0.25, 0.3) is 0 Å². The minimum atomic E-state index is -1.86. The molecule has 0 saturated heterocycles. The molecule has 0 aliphatic carbocycles. The van der Waals surface area contributed by atoms with Gasteiger partial charge in [0.1, 0.15) is 5.58 Å². The summed E-state index contributed by atoms with van der Waals surface area (Å²) in [4.78, 5) is 14.1. The first-order valence-electron chi connectivity index (χ1n) is 16.6. The topological polar surface area (TPSA) is 56.7 Å². The quantitative estimate of drug-likeness (QED) is 0.123. The zero-order valence-electron chi connectivity index (χ0n) is 29.4. The zero-order valence-corrected chi connectivity index (χ0v) is 33.9. The van der Waals surface area contributed by atoms with Crippen molar-refractivity contribution in [2.24, 2.45) is 5.92 Å². The van der Waals surface area contributed by atoms with Crippen LogP contribution in [0.25, 0.3) is 55.6 Å². The van der Waals surface area contributed by atoms with Crippen LogP contribution < -0.4 is 4.40 Å². The summed E-state index contributed by atoms with van der Waals surface area (Å²) in [5, 5.41) is 2.13. The Labute approximate surface area is 300 Å². The van der Waals surface area contributed by atoms with Crippen LogP contribution in [0.15, 0.2) is 83.5 Å². The van der Waals surface area contributed by atoms with E-state index in [1.165, 1.54) is 5.56 Å². The Morgan fingerprint density at radius 1 is 0.896 bits per heavy atom. The van der Waals surface area contributed by atoms with Gasteiger partial charge < -0.3 is 8.98 Å². The van der Waals surface area contributed by atoms with E-state index < -0.39 is 13.3 Å². The minimum absolute atomic E-state index is 0. The molecular weight excluding hydrogens is 829 g/mol. The summed E-state index contributed by atoms with van der Waals surface area (Å²) in [6.45, 7) is 13.0. The van der Waals surface area contributed by atoms with E-state index >= 15 is 0 Å². The van der Waals surface area contributed by atoms with Gasteiger partial charge in [-0.15, -0.1) is 17.7 Å². The molecule has 0 bridgehead atoms. The average Bonchev–Trinajstić information content (AvgIpc) is 3.60. The van der Waals surface area contributed by atoms with E-state index in [2.05, 4.69) is 110 Å². The van der Waals surface area contributed by atoms with Gasteiger partial charge >= 0.3 is 126 Å². The Balaban J connectivity index is 0.000000193. The zero-order chi connectivity index (χ0) is 33.5. The van der Waals surface area contributed by atoms with Crippen molar-refractivity contribution in [3.8, 4) is 22.6 Å². The Hall–Kier alpha value is -3.58. The minimum Gasteiger partial charge on any atom is -0.500 e. The van der Waals surface area contributed by atoms with Gasteiger partial charge in [-0.1, -0.05) is 30.0 Å². The van der Waals surface area contributed by atoms with Crippen molar-refractivity contribution >= 4 is 50.6 Å². The Kier molecular flexibility index (Phi) is 10.8. The number of para-hydroxylation sites is 2. The molecule has 0 N–H and O–H groups in total. The second-order valence-electron chi connectivity index (χ2n) is 14.2. The van der Waals surface area contributed by atoms with Crippen LogP contribution in [0.3, 0.4) is 0 Å². The van der Waals surface area contributed by atoms with Crippen molar-refractivity contribution in [1.29, 1.82) is 0 Å². The molecule has 0 saturated carbocycles. The molecule has 249 valence electrons. The van der Waals surface area contributed by atoms with Crippen molar-refractivity contribution < 1.29 is 24.5 Å². The van der Waals surface area contributed by atoms with E-state index in [1.54, 1.807) is 4.40 Å². The maximum atomic E-state index is 6.31. The maximum Gasteiger partial charge on any atom is 0.124 e. The number of aryl methyl sites for hydroxylation is 2. The van der Waals surface area contributed by atoms with Gasteiger partial charge in [0.05, 0.1) is 22.4 Å². The van der Waals surface area contributed by atoms with Crippen molar-refractivity contribution in [2.45, 2.75) is 71.3 Å². The molecule has 0 aliphatic heterocycles. The molecule has 0 aliphatic rings. The van der Waals surface area contributed by atoms with Crippen molar-refractivity contribution in [3.63, 3.8) is 0 Å². The van der Waals surface area contributed by atoms with Gasteiger partial charge in [0.15, 0.2) is 0 Å². The predicted molar refractivity (Wildman–Crippen MR) is 199 cm³/mol. The molecule has 4 heterocycles. The molecular formula is C41H44GeIrN4O-2. The average molecular weight is 874 g/mol. The number of hydrogen-bond acceptors (Lipinski definition) is 4. The molecule has 7 heteroatoms. The SMILES string of the molecule is CC(C)Cc1cc(-c2[c-]cccc2)nc[c]1[Ge]([CH3])([CH3])[CH3].Cc1cc2oc3c(-c4nc5ccccc5n4C(C)C)[c-]cc(C)c3c2cn1.[Ir]. The second kappa shape index (κ2) is 14.5. The maximum absolute atomic E-state index is 6.31. The van der Waals surface area contributed by atoms with E-state index in [-0.39, 0.29) is 26.1 Å². The molecule has 7 rings (SSSR count). The van der Waals surface area contributed by atoms with Gasteiger partial charge in [-0.3, -0.25) is 9.97 Å². The van der Waals surface area contributed by atoms with Crippen LogP contribution in [-0.4, -0.2) is 32.8 Å². The number of imidazole rings is 1. The molecule has 4 aromatic heterocycles. The fourth-order valence-corrected chi connectivity index (χ4v) is 9.70.